The molecule has 126 valence electrons. The average Bonchev–Trinajstić information content (AvgIpc) is 2.53. The molecule has 0 aromatic heterocycles. The quantitative estimate of drug-likeness (QED) is 0.551. The first-order valence-corrected chi connectivity index (χ1v) is 8.67. The van der Waals surface area contributed by atoms with E-state index in [1.165, 1.54) is 5.56 Å². The van der Waals surface area contributed by atoms with Gasteiger partial charge in [0.1, 0.15) is 12.4 Å². The minimum absolute atomic E-state index is 0. The molecule has 5 heteroatoms. The van der Waals surface area contributed by atoms with E-state index in [1.54, 1.807) is 0 Å². The van der Waals surface area contributed by atoms with Crippen molar-refractivity contribution in [3.63, 3.8) is 0 Å². The highest BCUT2D eigenvalue weighted by Gasteiger charge is 2.09. The van der Waals surface area contributed by atoms with Gasteiger partial charge in [0.25, 0.3) is 0 Å². The smallest absolute Gasteiger partial charge is 0.124 e. The second-order valence-corrected chi connectivity index (χ2v) is 6.48. The normalized spacial score (nSPS) is 10.5. The van der Waals surface area contributed by atoms with Gasteiger partial charge in [0, 0.05) is 21.6 Å². The summed E-state index contributed by atoms with van der Waals surface area (Å²) < 4.78 is 7.09. The summed E-state index contributed by atoms with van der Waals surface area (Å²) in [6.07, 6.45) is 0. The predicted octanol–water partition coefficient (Wildman–Crippen LogP) is 5.95. The van der Waals surface area contributed by atoms with Gasteiger partial charge in [-0.3, -0.25) is 4.90 Å². The van der Waals surface area contributed by atoms with Crippen molar-refractivity contribution in [2.24, 2.45) is 0 Å². The summed E-state index contributed by atoms with van der Waals surface area (Å²) in [6, 6.07) is 13.9. The first kappa shape index (κ1) is 20.3. The molecule has 23 heavy (non-hydrogen) atoms. The second-order valence-electron chi connectivity index (χ2n) is 5.13. The Bertz CT molecular complexity index is 600. The van der Waals surface area contributed by atoms with Crippen molar-refractivity contribution >= 4 is 39.9 Å². The van der Waals surface area contributed by atoms with Crippen molar-refractivity contribution in [1.29, 1.82) is 0 Å². The minimum Gasteiger partial charge on any atom is -0.489 e. The molecule has 0 unspecified atom stereocenters. The SMILES string of the molecule is CCN(CC)Cc1cc(Br)ccc1OCc1ccc(Cl)cc1.Cl. The van der Waals surface area contributed by atoms with Crippen LogP contribution in [-0.4, -0.2) is 18.0 Å². The van der Waals surface area contributed by atoms with Gasteiger partial charge in [-0.15, -0.1) is 12.4 Å². The molecule has 0 saturated carbocycles. The molecule has 2 aromatic carbocycles. The van der Waals surface area contributed by atoms with Crippen LogP contribution < -0.4 is 4.74 Å². The lowest BCUT2D eigenvalue weighted by Gasteiger charge is -2.20. The van der Waals surface area contributed by atoms with E-state index in [0.29, 0.717) is 6.61 Å². The molecular formula is C18H22BrCl2NO. The van der Waals surface area contributed by atoms with Crippen molar-refractivity contribution in [3.05, 3.63) is 63.1 Å². The zero-order valence-corrected chi connectivity index (χ0v) is 16.5. The van der Waals surface area contributed by atoms with Gasteiger partial charge >= 0.3 is 0 Å². The summed E-state index contributed by atoms with van der Waals surface area (Å²) in [6.45, 7) is 7.84. The molecule has 2 nitrogen and oxygen atoms in total. The summed E-state index contributed by atoms with van der Waals surface area (Å²) in [5, 5.41) is 0.745. The molecule has 0 saturated heterocycles. The molecule has 0 atom stereocenters. The predicted molar refractivity (Wildman–Crippen MR) is 104 cm³/mol. The van der Waals surface area contributed by atoms with Crippen molar-refractivity contribution in [2.75, 3.05) is 13.1 Å². The Balaban J connectivity index is 0.00000264. The molecule has 0 aliphatic rings. The Morgan fingerprint density at radius 1 is 1.04 bits per heavy atom. The van der Waals surface area contributed by atoms with E-state index in [2.05, 4.69) is 40.7 Å². The molecule has 0 heterocycles. The average molecular weight is 419 g/mol. The Kier molecular flexibility index (Phi) is 9.00. The van der Waals surface area contributed by atoms with E-state index in [9.17, 15) is 0 Å². The second kappa shape index (κ2) is 10.2. The number of ether oxygens (including phenoxy) is 1. The summed E-state index contributed by atoms with van der Waals surface area (Å²) in [7, 11) is 0. The summed E-state index contributed by atoms with van der Waals surface area (Å²) in [5.41, 5.74) is 2.31. The fraction of sp³-hybridized carbons (Fsp3) is 0.333. The van der Waals surface area contributed by atoms with Crippen molar-refractivity contribution in [2.45, 2.75) is 27.0 Å². The molecule has 0 radical (unpaired) electrons. The Hall–Kier alpha value is -0.740. The van der Waals surface area contributed by atoms with Crippen molar-refractivity contribution < 1.29 is 4.74 Å². The number of halogens is 3. The largest absolute Gasteiger partial charge is 0.489 e. The maximum absolute atomic E-state index is 6.02. The van der Waals surface area contributed by atoms with Crippen molar-refractivity contribution in [1.82, 2.24) is 4.90 Å². The lowest BCUT2D eigenvalue weighted by molar-refractivity contribution is 0.272. The fourth-order valence-electron chi connectivity index (χ4n) is 2.24. The zero-order chi connectivity index (χ0) is 15.9. The Morgan fingerprint density at radius 2 is 1.70 bits per heavy atom. The molecule has 0 aliphatic carbocycles. The van der Waals surface area contributed by atoms with Gasteiger partial charge in [-0.2, -0.15) is 0 Å². The van der Waals surface area contributed by atoms with Gasteiger partial charge in [-0.1, -0.05) is 53.5 Å². The first-order valence-electron chi connectivity index (χ1n) is 7.50. The van der Waals surface area contributed by atoms with Crippen LogP contribution in [0.15, 0.2) is 46.9 Å². The zero-order valence-electron chi connectivity index (χ0n) is 13.4. The number of benzene rings is 2. The van der Waals surface area contributed by atoms with Gasteiger partial charge in [0.2, 0.25) is 0 Å². The van der Waals surface area contributed by atoms with E-state index in [0.717, 1.165) is 40.4 Å². The fourth-order valence-corrected chi connectivity index (χ4v) is 2.78. The van der Waals surface area contributed by atoms with Crippen molar-refractivity contribution in [3.8, 4) is 5.75 Å². The van der Waals surface area contributed by atoms with Crippen LogP contribution >= 0.6 is 39.9 Å². The van der Waals surface area contributed by atoms with Crippen LogP contribution in [-0.2, 0) is 13.2 Å². The van der Waals surface area contributed by atoms with Crippen LogP contribution in [0, 0.1) is 0 Å². The first-order chi connectivity index (χ1) is 10.6. The molecule has 2 aromatic rings. The third-order valence-electron chi connectivity index (χ3n) is 3.62. The van der Waals surface area contributed by atoms with Crippen LogP contribution in [0.25, 0.3) is 0 Å². The van der Waals surface area contributed by atoms with E-state index < -0.39 is 0 Å². The van der Waals surface area contributed by atoms with Gasteiger partial charge in [-0.05, 0) is 49.0 Å². The number of hydrogen-bond donors (Lipinski definition) is 0. The van der Waals surface area contributed by atoms with Crippen LogP contribution in [0.4, 0.5) is 0 Å². The van der Waals surface area contributed by atoms with Crippen LogP contribution in [0.3, 0.4) is 0 Å². The van der Waals surface area contributed by atoms with Gasteiger partial charge < -0.3 is 4.74 Å². The standard InChI is InChI=1S/C18H21BrClNO.ClH/c1-3-21(4-2)12-15-11-16(19)7-10-18(15)22-13-14-5-8-17(20)9-6-14;/h5-11H,3-4,12-13H2,1-2H3;1H. The Morgan fingerprint density at radius 3 is 2.30 bits per heavy atom. The third kappa shape index (κ3) is 6.34. The Labute approximate surface area is 158 Å². The third-order valence-corrected chi connectivity index (χ3v) is 4.36. The summed E-state index contributed by atoms with van der Waals surface area (Å²) in [5.74, 6) is 0.935. The van der Waals surface area contributed by atoms with Crippen LogP contribution in [0.5, 0.6) is 5.75 Å². The molecule has 0 spiro atoms. The summed E-state index contributed by atoms with van der Waals surface area (Å²) >= 11 is 9.45. The van der Waals surface area contributed by atoms with E-state index >= 15 is 0 Å². The number of rotatable bonds is 7. The monoisotopic (exact) mass is 417 g/mol. The molecule has 0 aliphatic heterocycles. The molecule has 0 amide bonds. The van der Waals surface area contributed by atoms with Crippen LogP contribution in [0.1, 0.15) is 25.0 Å². The summed E-state index contributed by atoms with van der Waals surface area (Å²) in [4.78, 5) is 2.37. The highest BCUT2D eigenvalue weighted by molar-refractivity contribution is 9.10. The number of hydrogen-bond acceptors (Lipinski definition) is 2. The molecule has 0 fully saturated rings. The lowest BCUT2D eigenvalue weighted by atomic mass is 10.2. The minimum atomic E-state index is 0. The maximum Gasteiger partial charge on any atom is 0.124 e. The molecule has 0 bridgehead atoms. The van der Waals surface area contributed by atoms with E-state index in [-0.39, 0.29) is 12.4 Å². The molecular weight excluding hydrogens is 397 g/mol. The number of nitrogens with zero attached hydrogens (tertiary/aromatic N) is 1. The maximum atomic E-state index is 6.02. The van der Waals surface area contributed by atoms with Gasteiger partial charge in [-0.25, -0.2) is 0 Å². The van der Waals surface area contributed by atoms with Gasteiger partial charge in [0.05, 0.1) is 0 Å². The molecule has 0 N–H and O–H groups in total. The van der Waals surface area contributed by atoms with Crippen LogP contribution in [0.2, 0.25) is 5.02 Å². The molecule has 2 rings (SSSR count). The lowest BCUT2D eigenvalue weighted by Crippen LogP contribution is -2.22. The van der Waals surface area contributed by atoms with Gasteiger partial charge in [0.15, 0.2) is 0 Å². The van der Waals surface area contributed by atoms with E-state index in [1.807, 2.05) is 36.4 Å². The highest BCUT2D eigenvalue weighted by Crippen LogP contribution is 2.25. The van der Waals surface area contributed by atoms with E-state index in [4.69, 9.17) is 16.3 Å². The highest BCUT2D eigenvalue weighted by atomic mass is 79.9. The topological polar surface area (TPSA) is 12.5 Å².